The van der Waals surface area contributed by atoms with Gasteiger partial charge in [-0.1, -0.05) is 27.7 Å². The van der Waals surface area contributed by atoms with Gasteiger partial charge in [0.05, 0.1) is 0 Å². The van der Waals surface area contributed by atoms with Gasteiger partial charge in [0.15, 0.2) is 0 Å². The fourth-order valence-corrected chi connectivity index (χ4v) is 1.88. The molecule has 12 heavy (non-hydrogen) atoms. The van der Waals surface area contributed by atoms with E-state index >= 15 is 0 Å². The second-order valence-corrected chi connectivity index (χ2v) is 4.20. The Morgan fingerprint density at radius 1 is 1.08 bits per heavy atom. The Hall–Kier alpha value is -0.0800. The number of hydrogen-bond donors (Lipinski definition) is 2. The van der Waals surface area contributed by atoms with Crippen molar-refractivity contribution in [3.05, 3.63) is 0 Å². The minimum atomic E-state index is 0.551. The summed E-state index contributed by atoms with van der Waals surface area (Å²) in [6.07, 6.45) is 0. The molecule has 0 aliphatic carbocycles. The van der Waals surface area contributed by atoms with Crippen LogP contribution in [0.1, 0.15) is 27.7 Å². The number of nitrogens with two attached hydrogens (primary N) is 1. The van der Waals surface area contributed by atoms with E-state index in [1.807, 2.05) is 7.05 Å². The first kappa shape index (κ1) is 11.9. The zero-order valence-corrected chi connectivity index (χ0v) is 9.09. The first-order chi connectivity index (χ1) is 5.54. The van der Waals surface area contributed by atoms with Crippen molar-refractivity contribution in [1.82, 2.24) is 5.32 Å². The van der Waals surface area contributed by atoms with Crippen molar-refractivity contribution < 1.29 is 0 Å². The van der Waals surface area contributed by atoms with Crippen LogP contribution in [-0.2, 0) is 0 Å². The molecule has 0 fully saturated rings. The summed E-state index contributed by atoms with van der Waals surface area (Å²) in [5.74, 6) is 1.91. The highest BCUT2D eigenvalue weighted by Crippen LogP contribution is 2.19. The molecule has 0 bridgehead atoms. The lowest BCUT2D eigenvalue weighted by molar-refractivity contribution is 0.242. The molecule has 2 nitrogen and oxygen atoms in total. The van der Waals surface area contributed by atoms with Crippen molar-refractivity contribution in [3.63, 3.8) is 0 Å². The molecule has 0 saturated carbocycles. The van der Waals surface area contributed by atoms with Crippen molar-refractivity contribution >= 4 is 0 Å². The lowest BCUT2D eigenvalue weighted by Crippen LogP contribution is -2.44. The van der Waals surface area contributed by atoms with Gasteiger partial charge in [0.1, 0.15) is 0 Å². The maximum atomic E-state index is 5.75. The first-order valence-corrected chi connectivity index (χ1v) is 4.91. The van der Waals surface area contributed by atoms with Crippen molar-refractivity contribution in [2.24, 2.45) is 23.5 Å². The van der Waals surface area contributed by atoms with E-state index in [-0.39, 0.29) is 0 Å². The summed E-state index contributed by atoms with van der Waals surface area (Å²) in [5, 5.41) is 3.35. The van der Waals surface area contributed by atoms with Gasteiger partial charge in [0.25, 0.3) is 0 Å². The van der Waals surface area contributed by atoms with E-state index in [1.54, 1.807) is 0 Å². The topological polar surface area (TPSA) is 38.0 Å². The second-order valence-electron chi connectivity index (χ2n) is 4.20. The van der Waals surface area contributed by atoms with Gasteiger partial charge < -0.3 is 11.1 Å². The van der Waals surface area contributed by atoms with Gasteiger partial charge in [-0.2, -0.15) is 0 Å². The molecule has 2 atom stereocenters. The van der Waals surface area contributed by atoms with E-state index < -0.39 is 0 Å². The first-order valence-electron chi connectivity index (χ1n) is 4.91. The lowest BCUT2D eigenvalue weighted by Gasteiger charge is -2.31. The van der Waals surface area contributed by atoms with E-state index in [1.165, 1.54) is 0 Å². The molecule has 0 saturated heterocycles. The zero-order valence-electron chi connectivity index (χ0n) is 9.09. The number of hydrogen-bond acceptors (Lipinski definition) is 2. The third-order valence-electron chi connectivity index (χ3n) is 2.64. The van der Waals surface area contributed by atoms with Crippen LogP contribution in [0.25, 0.3) is 0 Å². The summed E-state index contributed by atoms with van der Waals surface area (Å²) < 4.78 is 0. The molecular formula is C10H24N2. The summed E-state index contributed by atoms with van der Waals surface area (Å²) in [5.41, 5.74) is 5.75. The predicted octanol–water partition coefficient (Wildman–Crippen LogP) is 1.46. The Kier molecular flexibility index (Phi) is 5.51. The van der Waals surface area contributed by atoms with Crippen molar-refractivity contribution in [2.75, 3.05) is 13.6 Å². The van der Waals surface area contributed by atoms with Crippen LogP contribution in [0.3, 0.4) is 0 Å². The summed E-state index contributed by atoms with van der Waals surface area (Å²) in [6, 6.07) is 0.551. The van der Waals surface area contributed by atoms with Crippen LogP contribution in [0.5, 0.6) is 0 Å². The largest absolute Gasteiger partial charge is 0.330 e. The van der Waals surface area contributed by atoms with Crippen molar-refractivity contribution in [2.45, 2.75) is 33.7 Å². The van der Waals surface area contributed by atoms with Gasteiger partial charge in [0.2, 0.25) is 0 Å². The average Bonchev–Trinajstić information content (AvgIpc) is 1.98. The Balaban J connectivity index is 4.23. The summed E-state index contributed by atoms with van der Waals surface area (Å²) in [7, 11) is 2.02. The predicted molar refractivity (Wildman–Crippen MR) is 55.1 cm³/mol. The molecule has 0 rings (SSSR count). The molecule has 0 aromatic heterocycles. The van der Waals surface area contributed by atoms with Gasteiger partial charge >= 0.3 is 0 Å². The third-order valence-corrected chi connectivity index (χ3v) is 2.64. The standard InChI is InChI=1S/C10H24N2/c1-7(2)9(6-11)10(12-5)8(3)4/h7-10,12H,6,11H2,1-5H3. The molecule has 0 radical (unpaired) electrons. The van der Waals surface area contributed by atoms with E-state index in [0.717, 1.165) is 6.54 Å². The molecule has 0 aromatic carbocycles. The Morgan fingerprint density at radius 3 is 1.67 bits per heavy atom. The number of nitrogens with one attached hydrogen (secondary N) is 1. The molecule has 2 unspecified atom stereocenters. The average molecular weight is 172 g/mol. The van der Waals surface area contributed by atoms with E-state index in [0.29, 0.717) is 23.8 Å². The van der Waals surface area contributed by atoms with E-state index in [9.17, 15) is 0 Å². The summed E-state index contributed by atoms with van der Waals surface area (Å²) in [4.78, 5) is 0. The van der Waals surface area contributed by atoms with Gasteiger partial charge in [-0.15, -0.1) is 0 Å². The van der Waals surface area contributed by atoms with Crippen LogP contribution in [0, 0.1) is 17.8 Å². The third kappa shape index (κ3) is 3.11. The molecule has 0 spiro atoms. The van der Waals surface area contributed by atoms with Crippen LogP contribution in [0.15, 0.2) is 0 Å². The molecule has 3 N–H and O–H groups in total. The fraction of sp³-hybridized carbons (Fsp3) is 1.00. The van der Waals surface area contributed by atoms with E-state index in [2.05, 4.69) is 33.0 Å². The van der Waals surface area contributed by atoms with Crippen molar-refractivity contribution in [3.8, 4) is 0 Å². The number of rotatable bonds is 5. The van der Waals surface area contributed by atoms with Crippen LogP contribution < -0.4 is 11.1 Å². The Bertz CT molecular complexity index is 96.4. The summed E-state index contributed by atoms with van der Waals surface area (Å²) in [6.45, 7) is 9.74. The highest BCUT2D eigenvalue weighted by atomic mass is 14.9. The summed E-state index contributed by atoms with van der Waals surface area (Å²) >= 11 is 0. The fourth-order valence-electron chi connectivity index (χ4n) is 1.88. The second kappa shape index (κ2) is 5.55. The monoisotopic (exact) mass is 172 g/mol. The van der Waals surface area contributed by atoms with Crippen LogP contribution in [0.4, 0.5) is 0 Å². The maximum Gasteiger partial charge on any atom is 0.0130 e. The van der Waals surface area contributed by atoms with Gasteiger partial charge in [0, 0.05) is 6.04 Å². The maximum absolute atomic E-state index is 5.75. The lowest BCUT2D eigenvalue weighted by atomic mass is 9.83. The Morgan fingerprint density at radius 2 is 1.58 bits per heavy atom. The van der Waals surface area contributed by atoms with Gasteiger partial charge in [-0.25, -0.2) is 0 Å². The zero-order chi connectivity index (χ0) is 9.72. The SMILES string of the molecule is CNC(C(C)C)C(CN)C(C)C. The molecule has 0 amide bonds. The normalized spacial score (nSPS) is 17.0. The molecule has 0 aromatic rings. The minimum Gasteiger partial charge on any atom is -0.330 e. The highest BCUT2D eigenvalue weighted by Gasteiger charge is 2.24. The van der Waals surface area contributed by atoms with Crippen LogP contribution >= 0.6 is 0 Å². The van der Waals surface area contributed by atoms with Crippen LogP contribution in [-0.4, -0.2) is 19.6 Å². The molecule has 0 heterocycles. The molecule has 2 heteroatoms. The van der Waals surface area contributed by atoms with Gasteiger partial charge in [-0.05, 0) is 31.3 Å². The van der Waals surface area contributed by atoms with Gasteiger partial charge in [-0.3, -0.25) is 0 Å². The minimum absolute atomic E-state index is 0.551. The molecular weight excluding hydrogens is 148 g/mol. The molecule has 74 valence electrons. The molecule has 0 aliphatic rings. The van der Waals surface area contributed by atoms with E-state index in [4.69, 9.17) is 5.73 Å². The highest BCUT2D eigenvalue weighted by molar-refractivity contribution is 4.80. The Labute approximate surface area is 76.9 Å². The quantitative estimate of drug-likeness (QED) is 0.659. The van der Waals surface area contributed by atoms with Crippen molar-refractivity contribution in [1.29, 1.82) is 0 Å². The smallest absolute Gasteiger partial charge is 0.0130 e. The molecule has 0 aliphatic heterocycles. The van der Waals surface area contributed by atoms with Crippen LogP contribution in [0.2, 0.25) is 0 Å².